The average Bonchev–Trinajstić information content (AvgIpc) is 2.80. The van der Waals surface area contributed by atoms with Crippen LogP contribution in [0.1, 0.15) is 5.82 Å². The SMILES string of the molecule is Fc1ccc2nc(CCl)n(-c3cc(F)c(Br)cc3F)c2c1. The molecule has 0 radical (unpaired) electrons. The normalized spacial score (nSPS) is 11.3. The molecule has 0 aliphatic heterocycles. The molecule has 0 fully saturated rings. The van der Waals surface area contributed by atoms with Gasteiger partial charge in [0.15, 0.2) is 0 Å². The molecule has 0 amide bonds. The van der Waals surface area contributed by atoms with Gasteiger partial charge in [-0.05, 0) is 34.1 Å². The summed E-state index contributed by atoms with van der Waals surface area (Å²) in [5.74, 6) is -1.52. The second kappa shape index (κ2) is 5.35. The van der Waals surface area contributed by atoms with Crippen molar-refractivity contribution >= 4 is 38.6 Å². The molecule has 2 aromatic carbocycles. The lowest BCUT2D eigenvalue weighted by Crippen LogP contribution is -2.03. The molecule has 3 aromatic rings. The highest BCUT2D eigenvalue weighted by molar-refractivity contribution is 9.10. The van der Waals surface area contributed by atoms with Crippen LogP contribution in [-0.2, 0) is 5.88 Å². The van der Waals surface area contributed by atoms with Gasteiger partial charge >= 0.3 is 0 Å². The molecule has 0 unspecified atom stereocenters. The standard InChI is InChI=1S/C14H7BrClF3N2/c15-8-4-10(19)12(5-9(8)18)21-13-3-7(17)1-2-11(13)20-14(21)6-16/h1-5H,6H2. The minimum absolute atomic E-state index is 0.00627. The Bertz CT molecular complexity index is 848. The molecule has 0 atom stereocenters. The van der Waals surface area contributed by atoms with Gasteiger partial charge in [0.2, 0.25) is 0 Å². The molecular weight excluding hydrogens is 369 g/mol. The molecule has 0 aliphatic carbocycles. The van der Waals surface area contributed by atoms with E-state index in [9.17, 15) is 13.2 Å². The lowest BCUT2D eigenvalue weighted by atomic mass is 10.2. The van der Waals surface area contributed by atoms with Crippen molar-refractivity contribution in [3.63, 3.8) is 0 Å². The predicted molar refractivity (Wildman–Crippen MR) is 78.2 cm³/mol. The van der Waals surface area contributed by atoms with Crippen molar-refractivity contribution in [1.29, 1.82) is 0 Å². The molecule has 0 bridgehead atoms. The Kier molecular flexibility index (Phi) is 3.67. The summed E-state index contributed by atoms with van der Waals surface area (Å²) in [6, 6.07) is 5.94. The predicted octanol–water partition coefficient (Wildman–Crippen LogP) is 4.94. The van der Waals surface area contributed by atoms with Crippen molar-refractivity contribution in [3.05, 3.63) is 58.1 Å². The van der Waals surface area contributed by atoms with Crippen molar-refractivity contribution in [2.45, 2.75) is 5.88 Å². The summed E-state index contributed by atoms with van der Waals surface area (Å²) in [5, 5.41) is 0. The first-order chi connectivity index (χ1) is 10.0. The second-order valence-corrected chi connectivity index (χ2v) is 5.47. The maximum Gasteiger partial charge on any atom is 0.148 e. The summed E-state index contributed by atoms with van der Waals surface area (Å²) in [4.78, 5) is 4.21. The maximum atomic E-state index is 14.2. The zero-order valence-corrected chi connectivity index (χ0v) is 12.7. The van der Waals surface area contributed by atoms with Crippen molar-refractivity contribution in [2.24, 2.45) is 0 Å². The van der Waals surface area contributed by atoms with Crippen LogP contribution in [0.4, 0.5) is 13.2 Å². The average molecular weight is 376 g/mol. The molecule has 3 rings (SSSR count). The van der Waals surface area contributed by atoms with E-state index in [-0.39, 0.29) is 16.0 Å². The highest BCUT2D eigenvalue weighted by atomic mass is 79.9. The third kappa shape index (κ3) is 2.42. The Morgan fingerprint density at radius 3 is 2.57 bits per heavy atom. The number of halogens is 5. The Morgan fingerprint density at radius 2 is 1.86 bits per heavy atom. The number of benzene rings is 2. The van der Waals surface area contributed by atoms with E-state index in [1.165, 1.54) is 22.8 Å². The van der Waals surface area contributed by atoms with Gasteiger partial charge in [0.1, 0.15) is 23.3 Å². The maximum absolute atomic E-state index is 14.2. The van der Waals surface area contributed by atoms with Crippen LogP contribution >= 0.6 is 27.5 Å². The zero-order chi connectivity index (χ0) is 15.1. The van der Waals surface area contributed by atoms with Gasteiger partial charge in [-0.25, -0.2) is 18.2 Å². The molecular formula is C14H7BrClF3N2. The lowest BCUT2D eigenvalue weighted by molar-refractivity contribution is 0.587. The van der Waals surface area contributed by atoms with E-state index < -0.39 is 17.5 Å². The second-order valence-electron chi connectivity index (χ2n) is 4.35. The topological polar surface area (TPSA) is 17.8 Å². The number of nitrogens with zero attached hydrogens (tertiary/aromatic N) is 2. The number of hydrogen-bond donors (Lipinski definition) is 0. The number of hydrogen-bond acceptors (Lipinski definition) is 1. The molecule has 7 heteroatoms. The fraction of sp³-hybridized carbons (Fsp3) is 0.0714. The fourth-order valence-electron chi connectivity index (χ4n) is 2.14. The number of fused-ring (bicyclic) bond motifs is 1. The van der Waals surface area contributed by atoms with Crippen molar-refractivity contribution in [3.8, 4) is 5.69 Å². The van der Waals surface area contributed by atoms with Gasteiger partial charge in [-0.1, -0.05) is 0 Å². The molecule has 0 aliphatic rings. The van der Waals surface area contributed by atoms with Gasteiger partial charge in [0.25, 0.3) is 0 Å². The first-order valence-corrected chi connectivity index (χ1v) is 7.22. The highest BCUT2D eigenvalue weighted by Gasteiger charge is 2.17. The molecule has 0 saturated heterocycles. The van der Waals surface area contributed by atoms with Gasteiger partial charge in [-0.15, -0.1) is 11.6 Å². The first-order valence-electron chi connectivity index (χ1n) is 5.89. The third-order valence-corrected chi connectivity index (χ3v) is 3.88. The summed E-state index contributed by atoms with van der Waals surface area (Å²) in [6.07, 6.45) is 0. The minimum Gasteiger partial charge on any atom is -0.292 e. The van der Waals surface area contributed by atoms with Gasteiger partial charge in [0, 0.05) is 12.1 Å². The number of aromatic nitrogens is 2. The third-order valence-electron chi connectivity index (χ3n) is 3.04. The molecule has 1 heterocycles. The van der Waals surface area contributed by atoms with E-state index in [1.807, 2.05) is 0 Å². The largest absolute Gasteiger partial charge is 0.292 e. The highest BCUT2D eigenvalue weighted by Crippen LogP contribution is 2.28. The molecule has 2 nitrogen and oxygen atoms in total. The molecule has 0 spiro atoms. The van der Waals surface area contributed by atoms with Crippen LogP contribution in [0.15, 0.2) is 34.8 Å². The Balaban J connectivity index is 2.38. The number of rotatable bonds is 2. The fourth-order valence-corrected chi connectivity index (χ4v) is 2.63. The van der Waals surface area contributed by atoms with Gasteiger partial charge in [0.05, 0.1) is 27.1 Å². The van der Waals surface area contributed by atoms with Crippen LogP contribution in [0.5, 0.6) is 0 Å². The quantitative estimate of drug-likeness (QED) is 0.458. The van der Waals surface area contributed by atoms with Crippen LogP contribution in [0.2, 0.25) is 0 Å². The van der Waals surface area contributed by atoms with E-state index in [2.05, 4.69) is 20.9 Å². The Labute approximate surface area is 131 Å². The van der Waals surface area contributed by atoms with Crippen molar-refractivity contribution < 1.29 is 13.2 Å². The van der Waals surface area contributed by atoms with Crippen LogP contribution in [-0.4, -0.2) is 9.55 Å². The van der Waals surface area contributed by atoms with E-state index in [4.69, 9.17) is 11.6 Å². The van der Waals surface area contributed by atoms with E-state index in [1.54, 1.807) is 0 Å². The van der Waals surface area contributed by atoms with Gasteiger partial charge in [-0.3, -0.25) is 4.57 Å². The van der Waals surface area contributed by atoms with Crippen LogP contribution in [0.25, 0.3) is 16.7 Å². The summed E-state index contributed by atoms with van der Waals surface area (Å²) in [7, 11) is 0. The van der Waals surface area contributed by atoms with Crippen LogP contribution in [0, 0.1) is 17.5 Å². The van der Waals surface area contributed by atoms with E-state index in [0.717, 1.165) is 12.1 Å². The molecule has 21 heavy (non-hydrogen) atoms. The number of imidazole rings is 1. The molecule has 0 saturated carbocycles. The van der Waals surface area contributed by atoms with Gasteiger partial charge < -0.3 is 0 Å². The molecule has 0 N–H and O–H groups in total. The smallest absolute Gasteiger partial charge is 0.148 e. The molecule has 1 aromatic heterocycles. The van der Waals surface area contributed by atoms with Crippen molar-refractivity contribution in [1.82, 2.24) is 9.55 Å². The number of alkyl halides is 1. The lowest BCUT2D eigenvalue weighted by Gasteiger charge is -2.10. The summed E-state index contributed by atoms with van der Waals surface area (Å²) in [6.45, 7) is 0. The summed E-state index contributed by atoms with van der Waals surface area (Å²) in [5.41, 5.74) is 0.709. The minimum atomic E-state index is -0.668. The van der Waals surface area contributed by atoms with Crippen LogP contribution in [0.3, 0.4) is 0 Å². The van der Waals surface area contributed by atoms with E-state index >= 15 is 0 Å². The van der Waals surface area contributed by atoms with E-state index in [0.29, 0.717) is 16.9 Å². The van der Waals surface area contributed by atoms with Gasteiger partial charge in [-0.2, -0.15) is 0 Å². The monoisotopic (exact) mass is 374 g/mol. The van der Waals surface area contributed by atoms with Crippen LogP contribution < -0.4 is 0 Å². The Hall–Kier alpha value is -1.53. The first kappa shape index (κ1) is 14.4. The summed E-state index contributed by atoms with van der Waals surface area (Å²) >= 11 is 8.73. The molecule has 108 valence electrons. The summed E-state index contributed by atoms with van der Waals surface area (Å²) < 4.78 is 42.6. The zero-order valence-electron chi connectivity index (χ0n) is 10.4. The Morgan fingerprint density at radius 1 is 1.10 bits per heavy atom. The van der Waals surface area contributed by atoms with Crippen molar-refractivity contribution in [2.75, 3.05) is 0 Å².